The molecule has 0 bridgehead atoms. The van der Waals surface area contributed by atoms with Crippen LogP contribution in [0.2, 0.25) is 0 Å². The number of aliphatic hydroxyl groups is 1. The van der Waals surface area contributed by atoms with Crippen molar-refractivity contribution in [3.63, 3.8) is 0 Å². The number of rotatable bonds is 2. The van der Waals surface area contributed by atoms with Gasteiger partial charge >= 0.3 is 0 Å². The van der Waals surface area contributed by atoms with Gasteiger partial charge in [0.05, 0.1) is 23.9 Å². The summed E-state index contributed by atoms with van der Waals surface area (Å²) in [6, 6.07) is 0. The molecule has 0 radical (unpaired) electrons. The lowest BCUT2D eigenvalue weighted by Gasteiger charge is -2.41. The Labute approximate surface area is 126 Å². The monoisotopic (exact) mass is 300 g/mol. The Morgan fingerprint density at radius 3 is 2.65 bits per heavy atom. The van der Waals surface area contributed by atoms with Crippen molar-refractivity contribution in [2.45, 2.75) is 63.9 Å². The quantitative estimate of drug-likeness (QED) is 0.851. The molecule has 0 aromatic heterocycles. The Balaban J connectivity index is 1.69. The Hall–Kier alpha value is 0.230. The SMILES string of the molecule is CC1OC(C)C(C(O)C2CCOC3(CCSC3)C2)C1C. The molecule has 0 aromatic rings. The Kier molecular flexibility index (Phi) is 4.38. The summed E-state index contributed by atoms with van der Waals surface area (Å²) in [5.74, 6) is 3.42. The molecule has 116 valence electrons. The minimum Gasteiger partial charge on any atom is -0.392 e. The van der Waals surface area contributed by atoms with Crippen LogP contribution in [0.15, 0.2) is 0 Å². The summed E-state index contributed by atoms with van der Waals surface area (Å²) in [5, 5.41) is 10.9. The first-order chi connectivity index (χ1) is 9.52. The Morgan fingerprint density at radius 2 is 2.05 bits per heavy atom. The van der Waals surface area contributed by atoms with Gasteiger partial charge in [-0.2, -0.15) is 11.8 Å². The minimum absolute atomic E-state index is 0.0616. The largest absolute Gasteiger partial charge is 0.392 e. The van der Waals surface area contributed by atoms with Gasteiger partial charge in [0.1, 0.15) is 0 Å². The fourth-order valence-corrected chi connectivity index (χ4v) is 5.80. The van der Waals surface area contributed by atoms with Crippen LogP contribution < -0.4 is 0 Å². The predicted octanol–water partition coefficient (Wildman–Crippen LogP) is 2.71. The summed E-state index contributed by atoms with van der Waals surface area (Å²) < 4.78 is 12.0. The van der Waals surface area contributed by atoms with E-state index < -0.39 is 0 Å². The maximum Gasteiger partial charge on any atom is 0.0783 e. The number of thioether (sulfide) groups is 1. The van der Waals surface area contributed by atoms with Crippen LogP contribution in [-0.2, 0) is 9.47 Å². The topological polar surface area (TPSA) is 38.7 Å². The Morgan fingerprint density at radius 1 is 1.25 bits per heavy atom. The number of aliphatic hydroxyl groups excluding tert-OH is 1. The highest BCUT2D eigenvalue weighted by atomic mass is 32.2. The summed E-state index contributed by atoms with van der Waals surface area (Å²) in [7, 11) is 0. The smallest absolute Gasteiger partial charge is 0.0783 e. The van der Waals surface area contributed by atoms with Crippen LogP contribution in [0.25, 0.3) is 0 Å². The molecular formula is C16H28O3S. The van der Waals surface area contributed by atoms with Crippen LogP contribution in [0.5, 0.6) is 0 Å². The van der Waals surface area contributed by atoms with Gasteiger partial charge in [-0.1, -0.05) is 6.92 Å². The molecule has 0 aromatic carbocycles. The van der Waals surface area contributed by atoms with Crippen molar-refractivity contribution in [2.24, 2.45) is 17.8 Å². The average Bonchev–Trinajstić information content (AvgIpc) is 2.95. The molecule has 4 heteroatoms. The van der Waals surface area contributed by atoms with E-state index in [1.807, 2.05) is 11.8 Å². The molecule has 3 heterocycles. The van der Waals surface area contributed by atoms with E-state index in [0.29, 0.717) is 11.8 Å². The molecule has 3 nitrogen and oxygen atoms in total. The van der Waals surface area contributed by atoms with Crippen LogP contribution in [0.4, 0.5) is 0 Å². The third-order valence-electron chi connectivity index (χ3n) is 5.79. The van der Waals surface area contributed by atoms with Gasteiger partial charge in [0, 0.05) is 18.3 Å². The average molecular weight is 300 g/mol. The first-order valence-corrected chi connectivity index (χ1v) is 9.23. The minimum atomic E-state index is -0.240. The molecule has 1 N–H and O–H groups in total. The van der Waals surface area contributed by atoms with E-state index in [1.165, 1.54) is 5.75 Å². The first kappa shape index (κ1) is 15.1. The zero-order valence-electron chi connectivity index (χ0n) is 12.9. The molecule has 3 aliphatic heterocycles. The van der Waals surface area contributed by atoms with Crippen LogP contribution >= 0.6 is 11.8 Å². The summed E-state index contributed by atoms with van der Waals surface area (Å²) in [6.45, 7) is 7.29. The molecule has 7 atom stereocenters. The van der Waals surface area contributed by atoms with Crippen molar-refractivity contribution in [3.8, 4) is 0 Å². The van der Waals surface area contributed by atoms with Crippen LogP contribution in [0, 0.1) is 17.8 Å². The fourth-order valence-electron chi connectivity index (χ4n) is 4.42. The molecule has 3 saturated heterocycles. The van der Waals surface area contributed by atoms with Crippen molar-refractivity contribution < 1.29 is 14.6 Å². The first-order valence-electron chi connectivity index (χ1n) is 8.08. The summed E-state index contributed by atoms with van der Waals surface area (Å²) >= 11 is 2.00. The number of ether oxygens (including phenoxy) is 2. The molecule has 20 heavy (non-hydrogen) atoms. The molecule has 3 fully saturated rings. The molecular weight excluding hydrogens is 272 g/mol. The lowest BCUT2D eigenvalue weighted by Crippen LogP contribution is -2.46. The van der Waals surface area contributed by atoms with E-state index >= 15 is 0 Å². The van der Waals surface area contributed by atoms with Crippen molar-refractivity contribution in [1.29, 1.82) is 0 Å². The zero-order valence-corrected chi connectivity index (χ0v) is 13.7. The van der Waals surface area contributed by atoms with Crippen LogP contribution in [0.3, 0.4) is 0 Å². The van der Waals surface area contributed by atoms with Gasteiger partial charge in [-0.25, -0.2) is 0 Å². The second-order valence-electron chi connectivity index (χ2n) is 7.06. The Bertz CT molecular complexity index is 343. The normalized spacial score (nSPS) is 50.7. The van der Waals surface area contributed by atoms with Crippen molar-refractivity contribution in [1.82, 2.24) is 0 Å². The molecule has 3 aliphatic rings. The van der Waals surface area contributed by atoms with E-state index in [0.717, 1.165) is 31.6 Å². The molecule has 1 spiro atoms. The van der Waals surface area contributed by atoms with E-state index in [9.17, 15) is 5.11 Å². The van der Waals surface area contributed by atoms with Crippen molar-refractivity contribution in [3.05, 3.63) is 0 Å². The highest BCUT2D eigenvalue weighted by molar-refractivity contribution is 7.99. The lowest BCUT2D eigenvalue weighted by atomic mass is 9.74. The van der Waals surface area contributed by atoms with Gasteiger partial charge in [0.25, 0.3) is 0 Å². The number of hydrogen-bond donors (Lipinski definition) is 1. The van der Waals surface area contributed by atoms with E-state index in [4.69, 9.17) is 9.47 Å². The fraction of sp³-hybridized carbons (Fsp3) is 1.00. The van der Waals surface area contributed by atoms with Gasteiger partial charge in [0.2, 0.25) is 0 Å². The summed E-state index contributed by atoms with van der Waals surface area (Å²) in [6.07, 6.45) is 3.39. The zero-order chi connectivity index (χ0) is 14.3. The van der Waals surface area contributed by atoms with Gasteiger partial charge < -0.3 is 14.6 Å². The predicted molar refractivity (Wildman–Crippen MR) is 82.0 cm³/mol. The van der Waals surface area contributed by atoms with E-state index in [1.54, 1.807) is 0 Å². The molecule has 0 aliphatic carbocycles. The summed E-state index contributed by atoms with van der Waals surface area (Å²) in [5.41, 5.74) is 0.0616. The highest BCUT2D eigenvalue weighted by Gasteiger charge is 2.48. The van der Waals surface area contributed by atoms with Crippen molar-refractivity contribution in [2.75, 3.05) is 18.1 Å². The van der Waals surface area contributed by atoms with Gasteiger partial charge in [-0.05, 0) is 50.7 Å². The molecule has 0 saturated carbocycles. The third kappa shape index (κ3) is 2.65. The molecule has 3 rings (SSSR count). The molecule has 7 unspecified atom stereocenters. The van der Waals surface area contributed by atoms with Gasteiger partial charge in [0.15, 0.2) is 0 Å². The summed E-state index contributed by atoms with van der Waals surface area (Å²) in [4.78, 5) is 0. The van der Waals surface area contributed by atoms with Gasteiger partial charge in [-0.3, -0.25) is 0 Å². The molecule has 0 amide bonds. The second-order valence-corrected chi connectivity index (χ2v) is 8.17. The highest BCUT2D eigenvalue weighted by Crippen LogP contribution is 2.45. The maximum atomic E-state index is 10.9. The number of hydrogen-bond acceptors (Lipinski definition) is 4. The van der Waals surface area contributed by atoms with E-state index in [2.05, 4.69) is 20.8 Å². The second kappa shape index (κ2) is 5.79. The third-order valence-corrected chi connectivity index (χ3v) is 7.02. The van der Waals surface area contributed by atoms with E-state index in [-0.39, 0.29) is 29.8 Å². The standard InChI is InChI=1S/C16H28O3S/c1-10-11(2)19-12(3)14(10)15(17)13-4-6-18-16(8-13)5-7-20-9-16/h10-15,17H,4-9H2,1-3H3. The van der Waals surface area contributed by atoms with Gasteiger partial charge in [-0.15, -0.1) is 0 Å². The lowest BCUT2D eigenvalue weighted by molar-refractivity contribution is -0.114. The van der Waals surface area contributed by atoms with Crippen LogP contribution in [0.1, 0.15) is 40.0 Å². The van der Waals surface area contributed by atoms with Crippen LogP contribution in [-0.4, -0.2) is 47.1 Å². The van der Waals surface area contributed by atoms with Crippen molar-refractivity contribution >= 4 is 11.8 Å². The maximum absolute atomic E-state index is 10.9.